The molecule has 9 heteroatoms. The van der Waals surface area contributed by atoms with E-state index in [9.17, 15) is 0 Å². The summed E-state index contributed by atoms with van der Waals surface area (Å²) in [5, 5.41) is 0. The summed E-state index contributed by atoms with van der Waals surface area (Å²) in [5.74, 6) is 0. The molecule has 0 aromatic heterocycles. The fourth-order valence-electron chi connectivity index (χ4n) is 0. The molecule has 0 aliphatic heterocycles. The van der Waals surface area contributed by atoms with Crippen molar-refractivity contribution in [3.8, 4) is 0 Å². The van der Waals surface area contributed by atoms with Crippen molar-refractivity contribution in [2.45, 2.75) is 4.30 Å². The van der Waals surface area contributed by atoms with E-state index in [-0.39, 0.29) is 0 Å². The first-order valence-corrected chi connectivity index (χ1v) is 19.0. The molecule has 0 N–H and O–H groups in total. The molecule has 0 saturated carbocycles. The summed E-state index contributed by atoms with van der Waals surface area (Å²) in [6.45, 7) is 0. The van der Waals surface area contributed by atoms with Crippen LogP contribution in [0.15, 0.2) is 0 Å². The van der Waals surface area contributed by atoms with Gasteiger partial charge < -0.3 is 0 Å². The van der Waals surface area contributed by atoms with E-state index in [2.05, 4.69) is 0 Å². The fraction of sp³-hybridized carbons (Fsp3) is 1.00. The monoisotopic (exact) mass is 414 g/mol. The third-order valence-electron chi connectivity index (χ3n) is 0. The Labute approximate surface area is 93.4 Å². The normalized spacial score (nSPS) is 15.1. The Bertz CT molecular complexity index is 67.5. The van der Waals surface area contributed by atoms with Crippen LogP contribution in [0.5, 0.6) is 0 Å². The molecule has 0 bridgehead atoms. The second-order valence-corrected chi connectivity index (χ2v) is 40.8. The van der Waals surface area contributed by atoms with Crippen molar-refractivity contribution >= 4 is 90.6 Å². The van der Waals surface area contributed by atoms with Crippen molar-refractivity contribution in [1.29, 1.82) is 0 Å². The van der Waals surface area contributed by atoms with Gasteiger partial charge in [0.15, 0.2) is 4.30 Å². The molecule has 0 fully saturated rings. The van der Waals surface area contributed by atoms with Crippen molar-refractivity contribution in [2.24, 2.45) is 0 Å². The molecule has 0 spiro atoms. The minimum atomic E-state index is -4.33. The van der Waals surface area contributed by atoms with Crippen LogP contribution < -0.4 is 0 Å². The number of halogens is 8. The maximum absolute atomic E-state index is 5.05. The van der Waals surface area contributed by atoms with Crippen LogP contribution in [0.25, 0.3) is 0 Å². The van der Waals surface area contributed by atoms with Crippen LogP contribution in [-0.4, -0.2) is 16.0 Å². The van der Waals surface area contributed by atoms with Crippen LogP contribution in [0.1, 0.15) is 0 Å². The first-order valence-electron chi connectivity index (χ1n) is 1.50. The number of rotatable bonds is 0. The molecule has 0 radical (unpaired) electrons. The van der Waals surface area contributed by atoms with E-state index in [0.717, 1.165) is 0 Å². The third kappa shape index (κ3) is 116. The Kier molecular flexibility index (Phi) is 9.02. The van der Waals surface area contributed by atoms with Gasteiger partial charge in [-0.05, 0) is 0 Å². The molecule has 0 unspecified atom stereocenters. The summed E-state index contributed by atoms with van der Waals surface area (Å²) in [4.78, 5) is 0. The van der Waals surface area contributed by atoms with Crippen molar-refractivity contribution in [3.05, 3.63) is 0 Å². The summed E-state index contributed by atoms with van der Waals surface area (Å²) >= 11 is 10.1. The van der Waals surface area contributed by atoms with Crippen LogP contribution in [-0.2, 0) is 0 Å². The summed E-state index contributed by atoms with van der Waals surface area (Å²) in [6, 6.07) is 0. The van der Waals surface area contributed by atoms with Crippen molar-refractivity contribution in [3.63, 3.8) is 0 Å². The van der Waals surface area contributed by atoms with Gasteiger partial charge in [0.05, 0.1) is 0 Å². The second-order valence-electron chi connectivity index (χ2n) is 0.886. The zero-order valence-electron chi connectivity index (χ0n) is 4.05. The standard InChI is InChI=1S/CHCl3.5ClH.Sb/c2-1(3)4;;;;;;/h1H;5*1H;/q;;;;;;+5/p-5. The topological polar surface area (TPSA) is 0 Å². The van der Waals surface area contributed by atoms with Gasteiger partial charge in [0.1, 0.15) is 0 Å². The van der Waals surface area contributed by atoms with Gasteiger partial charge in [0.25, 0.3) is 0 Å². The molecule has 0 nitrogen and oxygen atoms in total. The summed E-state index contributed by atoms with van der Waals surface area (Å²) in [7, 11) is 25.2. The van der Waals surface area contributed by atoms with Gasteiger partial charge in [-0.3, -0.25) is 0 Å². The van der Waals surface area contributed by atoms with Gasteiger partial charge >= 0.3 is 55.8 Å². The molecule has 0 aromatic carbocycles. The van der Waals surface area contributed by atoms with Gasteiger partial charge in [-0.2, -0.15) is 0 Å². The van der Waals surface area contributed by atoms with E-state index in [1.807, 2.05) is 0 Å². The van der Waals surface area contributed by atoms with Crippen molar-refractivity contribution < 1.29 is 0 Å². The summed E-state index contributed by atoms with van der Waals surface area (Å²) in [5.41, 5.74) is 0. The predicted octanol–water partition coefficient (Wildman–Crippen LogP) is 5.05. The van der Waals surface area contributed by atoms with Crippen LogP contribution in [0.3, 0.4) is 0 Å². The van der Waals surface area contributed by atoms with Gasteiger partial charge in [-0.15, -0.1) is 0 Å². The molecule has 66 valence electrons. The molecule has 0 atom stereocenters. The van der Waals surface area contributed by atoms with E-state index in [4.69, 9.17) is 78.9 Å². The van der Waals surface area contributed by atoms with E-state index in [0.29, 0.717) is 0 Å². The average molecular weight is 418 g/mol. The average Bonchev–Trinajstić information content (AvgIpc) is 1.14. The minimum absolute atomic E-state index is 0.750. The molecular weight excluding hydrogens is 417 g/mol. The quantitative estimate of drug-likeness (QED) is 0.381. The van der Waals surface area contributed by atoms with Gasteiger partial charge in [0, 0.05) is 0 Å². The Hall–Kier alpha value is 3.14. The van der Waals surface area contributed by atoms with Crippen LogP contribution in [0.2, 0.25) is 0 Å². The Balaban J connectivity index is 0. The Morgan fingerprint density at radius 1 is 0.700 bits per heavy atom. The predicted molar refractivity (Wildman–Crippen MR) is 56.4 cm³/mol. The van der Waals surface area contributed by atoms with Gasteiger partial charge in [-0.25, -0.2) is 0 Å². The van der Waals surface area contributed by atoms with E-state index < -0.39 is 16.0 Å². The van der Waals surface area contributed by atoms with Crippen LogP contribution in [0.4, 0.5) is 0 Å². The van der Waals surface area contributed by atoms with E-state index in [1.165, 1.54) is 0 Å². The van der Waals surface area contributed by atoms with E-state index >= 15 is 0 Å². The number of alkyl halides is 3. The first kappa shape index (κ1) is 15.6. The second kappa shape index (κ2) is 5.78. The molecule has 0 amide bonds. The van der Waals surface area contributed by atoms with E-state index in [1.54, 1.807) is 0 Å². The molecule has 0 aliphatic rings. The van der Waals surface area contributed by atoms with Crippen LogP contribution in [0, 0.1) is 0 Å². The molecule has 0 aliphatic carbocycles. The fourth-order valence-corrected chi connectivity index (χ4v) is 0. The van der Waals surface area contributed by atoms with Gasteiger partial charge in [0.2, 0.25) is 0 Å². The molecule has 10 heavy (non-hydrogen) atoms. The Morgan fingerprint density at radius 3 is 0.700 bits per heavy atom. The van der Waals surface area contributed by atoms with Crippen molar-refractivity contribution in [2.75, 3.05) is 0 Å². The van der Waals surface area contributed by atoms with Gasteiger partial charge in [-0.1, -0.05) is 34.8 Å². The first-order chi connectivity index (χ1) is 3.97. The third-order valence-corrected chi connectivity index (χ3v) is 0. The number of hydrogen-bond acceptors (Lipinski definition) is 0. The zero-order chi connectivity index (χ0) is 9.02. The summed E-state index contributed by atoms with van der Waals surface area (Å²) in [6.07, 6.45) is 0. The number of hydrogen-bond donors (Lipinski definition) is 0. The molecule has 0 saturated heterocycles. The Morgan fingerprint density at radius 2 is 0.700 bits per heavy atom. The maximum atomic E-state index is 5.05. The van der Waals surface area contributed by atoms with Crippen LogP contribution >= 0.6 is 78.9 Å². The summed E-state index contributed by atoms with van der Waals surface area (Å²) < 4.78 is -0.750. The molecule has 0 rings (SSSR count). The zero-order valence-corrected chi connectivity index (χ0v) is 12.6. The molecular formula is CHCl8Sb. The molecule has 0 heterocycles. The molecule has 0 aromatic rings. The van der Waals surface area contributed by atoms with Crippen molar-refractivity contribution in [1.82, 2.24) is 0 Å². The SMILES string of the molecule is ClC(Cl)Cl.[Cl][Sb]([Cl])([Cl])([Cl])[Cl].